The second-order valence-corrected chi connectivity index (χ2v) is 6.22. The van der Waals surface area contributed by atoms with Crippen LogP contribution in [0.5, 0.6) is 5.88 Å². The molecule has 3 rings (SSSR count). The molecule has 126 valence electrons. The molecule has 3 heterocycles. The van der Waals surface area contributed by atoms with E-state index < -0.39 is 0 Å². The van der Waals surface area contributed by atoms with Crippen LogP contribution in [0.25, 0.3) is 0 Å². The van der Waals surface area contributed by atoms with E-state index >= 15 is 0 Å². The molecule has 0 aromatic carbocycles. The van der Waals surface area contributed by atoms with E-state index in [0.717, 1.165) is 37.2 Å². The number of aromatic nitrogens is 3. The van der Waals surface area contributed by atoms with Crippen LogP contribution in [0.3, 0.4) is 0 Å². The van der Waals surface area contributed by atoms with Crippen molar-refractivity contribution in [1.82, 2.24) is 19.9 Å². The molecule has 0 unspecified atom stereocenters. The third-order valence-electron chi connectivity index (χ3n) is 4.32. The molecule has 0 radical (unpaired) electrons. The number of likely N-dealkylation sites (tertiary alicyclic amines) is 1. The van der Waals surface area contributed by atoms with Crippen molar-refractivity contribution >= 4 is 5.91 Å². The van der Waals surface area contributed by atoms with Gasteiger partial charge in [-0.1, -0.05) is 6.07 Å². The molecule has 0 saturated carbocycles. The molecule has 24 heavy (non-hydrogen) atoms. The van der Waals surface area contributed by atoms with Crippen molar-refractivity contribution in [3.8, 4) is 5.88 Å². The smallest absolute Gasteiger partial charge is 0.274 e. The minimum Gasteiger partial charge on any atom is -0.477 e. The predicted molar refractivity (Wildman–Crippen MR) is 89.9 cm³/mol. The molecular weight excluding hydrogens is 304 g/mol. The van der Waals surface area contributed by atoms with Gasteiger partial charge in [0.25, 0.3) is 5.91 Å². The van der Waals surface area contributed by atoms with Crippen LogP contribution in [-0.2, 0) is 0 Å². The van der Waals surface area contributed by atoms with Crippen LogP contribution in [0.2, 0.25) is 0 Å². The highest BCUT2D eigenvalue weighted by molar-refractivity contribution is 5.92. The molecule has 1 aliphatic rings. The van der Waals surface area contributed by atoms with Crippen molar-refractivity contribution in [2.75, 3.05) is 19.7 Å². The van der Waals surface area contributed by atoms with Crippen LogP contribution in [0.15, 0.2) is 30.7 Å². The van der Waals surface area contributed by atoms with Gasteiger partial charge >= 0.3 is 0 Å². The standard InChI is InChI=1S/C18H22N4O2/c1-13-4-3-7-19-17(13)24-12-15-5-8-22(9-6-15)18(23)16-11-20-14(2)10-21-16/h3-4,7,10-11,15H,5-6,8-9,12H2,1-2H3. The molecule has 2 aromatic rings. The molecule has 0 aliphatic carbocycles. The molecule has 0 atom stereocenters. The summed E-state index contributed by atoms with van der Waals surface area (Å²) in [6.45, 7) is 5.94. The van der Waals surface area contributed by atoms with Gasteiger partial charge < -0.3 is 9.64 Å². The first-order chi connectivity index (χ1) is 11.6. The van der Waals surface area contributed by atoms with Crippen molar-refractivity contribution in [2.45, 2.75) is 26.7 Å². The van der Waals surface area contributed by atoms with Crippen molar-refractivity contribution in [2.24, 2.45) is 5.92 Å². The van der Waals surface area contributed by atoms with Gasteiger partial charge in [0.05, 0.1) is 18.5 Å². The lowest BCUT2D eigenvalue weighted by Gasteiger charge is -2.31. The van der Waals surface area contributed by atoms with Gasteiger partial charge in [-0.25, -0.2) is 9.97 Å². The molecule has 6 nitrogen and oxygen atoms in total. The zero-order chi connectivity index (χ0) is 16.9. The number of piperidine rings is 1. The van der Waals surface area contributed by atoms with Gasteiger partial charge in [-0.3, -0.25) is 9.78 Å². The van der Waals surface area contributed by atoms with Gasteiger partial charge in [0.1, 0.15) is 5.69 Å². The van der Waals surface area contributed by atoms with Crippen molar-refractivity contribution in [3.63, 3.8) is 0 Å². The minimum atomic E-state index is -0.0394. The Morgan fingerprint density at radius 1 is 1.21 bits per heavy atom. The quantitative estimate of drug-likeness (QED) is 0.863. The number of hydrogen-bond acceptors (Lipinski definition) is 5. The van der Waals surface area contributed by atoms with E-state index in [1.165, 1.54) is 0 Å². The lowest BCUT2D eigenvalue weighted by Crippen LogP contribution is -2.40. The third kappa shape index (κ3) is 3.88. The molecule has 2 aromatic heterocycles. The molecular formula is C18H22N4O2. The zero-order valence-electron chi connectivity index (χ0n) is 14.1. The van der Waals surface area contributed by atoms with E-state index in [4.69, 9.17) is 4.74 Å². The van der Waals surface area contributed by atoms with E-state index in [0.29, 0.717) is 24.1 Å². The summed E-state index contributed by atoms with van der Waals surface area (Å²) < 4.78 is 5.83. The Morgan fingerprint density at radius 3 is 2.67 bits per heavy atom. The summed E-state index contributed by atoms with van der Waals surface area (Å²) in [6, 6.07) is 3.90. The average molecular weight is 326 g/mol. The Balaban J connectivity index is 1.49. The van der Waals surface area contributed by atoms with Gasteiger partial charge in [0.15, 0.2) is 0 Å². The Labute approximate surface area is 141 Å². The summed E-state index contributed by atoms with van der Waals surface area (Å²) in [7, 11) is 0. The summed E-state index contributed by atoms with van der Waals surface area (Å²) in [6.07, 6.45) is 6.78. The highest BCUT2D eigenvalue weighted by Crippen LogP contribution is 2.21. The van der Waals surface area contributed by atoms with Crippen LogP contribution in [0.1, 0.15) is 34.6 Å². The first-order valence-electron chi connectivity index (χ1n) is 8.26. The summed E-state index contributed by atoms with van der Waals surface area (Å²) in [5.41, 5.74) is 2.27. The lowest BCUT2D eigenvalue weighted by atomic mass is 9.97. The van der Waals surface area contributed by atoms with Gasteiger partial charge in [0.2, 0.25) is 5.88 Å². The maximum absolute atomic E-state index is 12.4. The molecule has 0 spiro atoms. The zero-order valence-corrected chi connectivity index (χ0v) is 14.1. The number of nitrogens with zero attached hydrogens (tertiary/aromatic N) is 4. The Hall–Kier alpha value is -2.50. The summed E-state index contributed by atoms with van der Waals surface area (Å²) in [4.78, 5) is 26.8. The van der Waals surface area contributed by atoms with E-state index in [9.17, 15) is 4.79 Å². The summed E-state index contributed by atoms with van der Waals surface area (Å²) >= 11 is 0. The Kier molecular flexibility index (Phi) is 5.03. The number of rotatable bonds is 4. The fourth-order valence-electron chi connectivity index (χ4n) is 2.79. The predicted octanol–water partition coefficient (Wildman–Crippen LogP) is 2.42. The number of carbonyl (C=O) groups excluding carboxylic acids is 1. The van der Waals surface area contributed by atoms with Crippen LogP contribution in [0, 0.1) is 19.8 Å². The van der Waals surface area contributed by atoms with E-state index in [1.807, 2.05) is 30.9 Å². The molecule has 1 fully saturated rings. The van der Waals surface area contributed by atoms with Crippen LogP contribution in [-0.4, -0.2) is 45.5 Å². The van der Waals surface area contributed by atoms with Crippen molar-refractivity contribution in [1.29, 1.82) is 0 Å². The number of amides is 1. The molecule has 1 amide bonds. The van der Waals surface area contributed by atoms with Gasteiger partial charge in [-0.2, -0.15) is 0 Å². The molecule has 1 saturated heterocycles. The van der Waals surface area contributed by atoms with E-state index in [-0.39, 0.29) is 5.91 Å². The van der Waals surface area contributed by atoms with Crippen LogP contribution < -0.4 is 4.74 Å². The monoisotopic (exact) mass is 326 g/mol. The largest absolute Gasteiger partial charge is 0.477 e. The SMILES string of the molecule is Cc1cnc(C(=O)N2CCC(COc3ncccc3C)CC2)cn1. The molecule has 0 N–H and O–H groups in total. The minimum absolute atomic E-state index is 0.0394. The Morgan fingerprint density at radius 2 is 2.00 bits per heavy atom. The van der Waals surface area contributed by atoms with E-state index in [1.54, 1.807) is 18.6 Å². The summed E-state index contributed by atoms with van der Waals surface area (Å²) in [5.74, 6) is 1.10. The fraction of sp³-hybridized carbons (Fsp3) is 0.444. The van der Waals surface area contributed by atoms with Crippen LogP contribution in [0.4, 0.5) is 0 Å². The maximum atomic E-state index is 12.4. The van der Waals surface area contributed by atoms with Gasteiger partial charge in [0, 0.05) is 31.0 Å². The van der Waals surface area contributed by atoms with E-state index in [2.05, 4.69) is 15.0 Å². The molecule has 0 bridgehead atoms. The third-order valence-corrected chi connectivity index (χ3v) is 4.32. The van der Waals surface area contributed by atoms with Gasteiger partial charge in [-0.05, 0) is 38.7 Å². The normalized spacial score (nSPS) is 15.3. The number of hydrogen-bond donors (Lipinski definition) is 0. The highest BCUT2D eigenvalue weighted by Gasteiger charge is 2.25. The number of aryl methyl sites for hydroxylation is 2. The molecule has 1 aliphatic heterocycles. The average Bonchev–Trinajstić information content (AvgIpc) is 2.62. The van der Waals surface area contributed by atoms with Crippen molar-refractivity contribution in [3.05, 3.63) is 47.7 Å². The van der Waals surface area contributed by atoms with Crippen molar-refractivity contribution < 1.29 is 9.53 Å². The molecule has 6 heteroatoms. The number of ether oxygens (including phenoxy) is 1. The first-order valence-corrected chi connectivity index (χ1v) is 8.26. The lowest BCUT2D eigenvalue weighted by molar-refractivity contribution is 0.0653. The number of carbonyl (C=O) groups is 1. The topological polar surface area (TPSA) is 68.2 Å². The fourth-order valence-corrected chi connectivity index (χ4v) is 2.79. The van der Waals surface area contributed by atoms with Crippen LogP contribution >= 0.6 is 0 Å². The number of pyridine rings is 1. The maximum Gasteiger partial charge on any atom is 0.274 e. The van der Waals surface area contributed by atoms with Gasteiger partial charge in [-0.15, -0.1) is 0 Å². The summed E-state index contributed by atoms with van der Waals surface area (Å²) in [5, 5.41) is 0. The first kappa shape index (κ1) is 16.4. The second-order valence-electron chi connectivity index (χ2n) is 6.22. The Bertz CT molecular complexity index is 694. The highest BCUT2D eigenvalue weighted by atomic mass is 16.5. The second kappa shape index (κ2) is 7.38.